The second-order valence-electron chi connectivity index (χ2n) is 8.85. The number of nitroso groups, excluding NO2 is 1. The Bertz CT molecular complexity index is 968. The zero-order valence-electron chi connectivity index (χ0n) is 19.7. The van der Waals surface area contributed by atoms with E-state index >= 15 is 0 Å². The fraction of sp³-hybridized carbons (Fsp3) is 0.542. The van der Waals surface area contributed by atoms with Gasteiger partial charge in [0.25, 0.3) is 0 Å². The molecule has 1 N–H and O–H groups in total. The van der Waals surface area contributed by atoms with E-state index < -0.39 is 11.5 Å². The largest absolute Gasteiger partial charge is 0.497 e. The van der Waals surface area contributed by atoms with Crippen LogP contribution in [0.25, 0.3) is 10.8 Å². The number of likely N-dealkylation sites (tertiary alicyclic amines) is 1. The van der Waals surface area contributed by atoms with E-state index in [1.807, 2.05) is 55.3 Å². The average Bonchev–Trinajstić information content (AvgIpc) is 2.78. The highest BCUT2D eigenvalue weighted by Crippen LogP contribution is 2.42. The molecule has 2 aromatic rings. The standard InChI is InChI=1S/C24H33N3O4S.ClH/c1-5-10-24(22(28)29,20-8-6-19-16-21(31-4)9-7-18(19)15-20)27(3)17-23(32-25-30)11-13-26(2)14-12-23;/h6-9,15-16H,5,10-14,17H2,1-4H3,(H,28,29);1H/t24-;/m0./s1. The number of ether oxygens (including phenoxy) is 1. The Morgan fingerprint density at radius 1 is 1.24 bits per heavy atom. The molecule has 7 nitrogen and oxygen atoms in total. The van der Waals surface area contributed by atoms with Crippen molar-refractivity contribution in [1.29, 1.82) is 0 Å². The summed E-state index contributed by atoms with van der Waals surface area (Å²) in [7, 11) is 5.56. The van der Waals surface area contributed by atoms with Crippen LogP contribution in [0.15, 0.2) is 41.0 Å². The fourth-order valence-corrected chi connectivity index (χ4v) is 5.64. The van der Waals surface area contributed by atoms with Crippen molar-refractivity contribution in [2.75, 3.05) is 40.8 Å². The number of hydrogen-bond donors (Lipinski definition) is 1. The molecule has 1 aliphatic rings. The van der Waals surface area contributed by atoms with Crippen LogP contribution in [0.4, 0.5) is 0 Å². The lowest BCUT2D eigenvalue weighted by Gasteiger charge is -2.46. The van der Waals surface area contributed by atoms with E-state index in [-0.39, 0.29) is 17.2 Å². The van der Waals surface area contributed by atoms with E-state index in [2.05, 4.69) is 16.5 Å². The maximum atomic E-state index is 12.9. The minimum atomic E-state index is -1.19. The monoisotopic (exact) mass is 495 g/mol. The van der Waals surface area contributed by atoms with Gasteiger partial charge >= 0.3 is 5.97 Å². The molecule has 182 valence electrons. The second-order valence-corrected chi connectivity index (χ2v) is 10.0. The second kappa shape index (κ2) is 11.5. The van der Waals surface area contributed by atoms with Crippen molar-refractivity contribution in [2.24, 2.45) is 4.58 Å². The van der Waals surface area contributed by atoms with Crippen LogP contribution in [0.1, 0.15) is 38.2 Å². The van der Waals surface area contributed by atoms with Crippen molar-refractivity contribution >= 4 is 41.1 Å². The van der Waals surface area contributed by atoms with E-state index in [1.165, 1.54) is 0 Å². The first-order valence-corrected chi connectivity index (χ1v) is 11.8. The van der Waals surface area contributed by atoms with E-state index in [4.69, 9.17) is 4.74 Å². The van der Waals surface area contributed by atoms with Gasteiger partial charge < -0.3 is 14.7 Å². The van der Waals surface area contributed by atoms with Crippen LogP contribution < -0.4 is 4.74 Å². The van der Waals surface area contributed by atoms with E-state index in [0.717, 1.165) is 60.0 Å². The topological polar surface area (TPSA) is 82.4 Å². The highest BCUT2D eigenvalue weighted by Gasteiger charge is 2.47. The Labute approximate surface area is 206 Å². The third kappa shape index (κ3) is 5.62. The maximum absolute atomic E-state index is 12.9. The summed E-state index contributed by atoms with van der Waals surface area (Å²) >= 11 is 1.07. The van der Waals surface area contributed by atoms with Crippen LogP contribution in [0.2, 0.25) is 0 Å². The van der Waals surface area contributed by atoms with Gasteiger partial charge in [0.15, 0.2) is 0 Å². The van der Waals surface area contributed by atoms with Gasteiger partial charge in [0.05, 0.1) is 11.9 Å². The van der Waals surface area contributed by atoms with Gasteiger partial charge in [-0.05, 0) is 81.0 Å². The highest BCUT2D eigenvalue weighted by molar-refractivity contribution is 7.99. The first-order chi connectivity index (χ1) is 15.3. The molecule has 0 spiro atoms. The lowest BCUT2D eigenvalue weighted by molar-refractivity contribution is -0.152. The minimum absolute atomic E-state index is 0. The van der Waals surface area contributed by atoms with Gasteiger partial charge in [-0.25, -0.2) is 4.79 Å². The number of halogens is 1. The average molecular weight is 496 g/mol. The summed E-state index contributed by atoms with van der Waals surface area (Å²) in [5, 5.41) is 12.5. The van der Waals surface area contributed by atoms with Crippen LogP contribution in [0, 0.1) is 4.91 Å². The Morgan fingerprint density at radius 3 is 2.45 bits per heavy atom. The predicted octanol–water partition coefficient (Wildman–Crippen LogP) is 5.16. The smallest absolute Gasteiger partial charge is 0.328 e. The molecule has 9 heteroatoms. The molecule has 1 heterocycles. The lowest BCUT2D eigenvalue weighted by Crippen LogP contribution is -2.56. The van der Waals surface area contributed by atoms with Crippen LogP contribution in [-0.2, 0) is 10.3 Å². The van der Waals surface area contributed by atoms with E-state index in [9.17, 15) is 14.8 Å². The molecule has 0 aromatic heterocycles. The van der Waals surface area contributed by atoms with Gasteiger partial charge in [-0.2, -0.15) is 0 Å². The molecule has 0 unspecified atom stereocenters. The highest BCUT2D eigenvalue weighted by atomic mass is 35.5. The first-order valence-electron chi connectivity index (χ1n) is 11.0. The number of likely N-dealkylation sites (N-methyl/N-ethyl adjacent to an activating group) is 1. The SMILES string of the molecule is CCC[C@@](C(=O)O)(c1ccc2cc(OC)ccc2c1)N(C)CC1(SN=O)CCN(C)CC1.Cl. The number of benzene rings is 2. The molecule has 0 amide bonds. The van der Waals surface area contributed by atoms with Crippen LogP contribution >= 0.6 is 24.4 Å². The molecular weight excluding hydrogens is 462 g/mol. The minimum Gasteiger partial charge on any atom is -0.497 e. The van der Waals surface area contributed by atoms with E-state index in [0.29, 0.717) is 19.4 Å². The van der Waals surface area contributed by atoms with Crippen molar-refractivity contribution in [3.8, 4) is 5.75 Å². The molecule has 0 bridgehead atoms. The number of carboxylic acids is 1. The quantitative estimate of drug-likeness (QED) is 0.360. The van der Waals surface area contributed by atoms with Gasteiger partial charge in [-0.15, -0.1) is 17.3 Å². The maximum Gasteiger partial charge on any atom is 0.328 e. The van der Waals surface area contributed by atoms with Gasteiger partial charge in [-0.1, -0.05) is 31.5 Å². The molecule has 2 aromatic carbocycles. The summed E-state index contributed by atoms with van der Waals surface area (Å²) in [6.45, 7) is 4.21. The van der Waals surface area contributed by atoms with Crippen molar-refractivity contribution in [1.82, 2.24) is 9.80 Å². The van der Waals surface area contributed by atoms with Crippen molar-refractivity contribution < 1.29 is 14.6 Å². The van der Waals surface area contributed by atoms with Crippen LogP contribution in [0.5, 0.6) is 5.75 Å². The number of rotatable bonds is 10. The first kappa shape index (κ1) is 27.4. The molecule has 1 fully saturated rings. The third-order valence-corrected chi connectivity index (χ3v) is 7.80. The van der Waals surface area contributed by atoms with Crippen LogP contribution in [-0.4, -0.2) is 66.5 Å². The Morgan fingerprint density at radius 2 is 1.88 bits per heavy atom. The summed E-state index contributed by atoms with van der Waals surface area (Å²) < 4.78 is 8.11. The summed E-state index contributed by atoms with van der Waals surface area (Å²) in [4.78, 5) is 28.3. The van der Waals surface area contributed by atoms with Gasteiger partial charge in [0, 0.05) is 23.1 Å². The number of piperidine rings is 1. The number of hydrogen-bond acceptors (Lipinski definition) is 7. The summed E-state index contributed by atoms with van der Waals surface area (Å²) in [5.74, 6) is -0.107. The van der Waals surface area contributed by atoms with Gasteiger partial charge in [0.2, 0.25) is 0 Å². The summed E-state index contributed by atoms with van der Waals surface area (Å²) in [5.41, 5.74) is -0.443. The lowest BCUT2D eigenvalue weighted by atomic mass is 9.81. The molecule has 3 rings (SSSR count). The van der Waals surface area contributed by atoms with Crippen molar-refractivity contribution in [3.05, 3.63) is 46.9 Å². The number of nitrogens with zero attached hydrogens (tertiary/aromatic N) is 3. The molecule has 1 aliphatic heterocycles. The van der Waals surface area contributed by atoms with E-state index in [1.54, 1.807) is 7.11 Å². The van der Waals surface area contributed by atoms with Crippen molar-refractivity contribution in [2.45, 2.75) is 42.9 Å². The normalized spacial score (nSPS) is 17.8. The summed E-state index contributed by atoms with van der Waals surface area (Å²) in [6.07, 6.45) is 2.77. The molecule has 1 atom stereocenters. The molecule has 0 saturated carbocycles. The molecular formula is C24H34ClN3O4S. The predicted molar refractivity (Wildman–Crippen MR) is 137 cm³/mol. The molecule has 33 heavy (non-hydrogen) atoms. The Hall–Kier alpha value is -1.87. The number of carboxylic acid groups (broad SMARTS) is 1. The number of methoxy groups -OCH3 is 1. The van der Waals surface area contributed by atoms with Gasteiger partial charge in [-0.3, -0.25) is 4.90 Å². The van der Waals surface area contributed by atoms with Crippen LogP contribution in [0.3, 0.4) is 0 Å². The van der Waals surface area contributed by atoms with Crippen molar-refractivity contribution in [3.63, 3.8) is 0 Å². The number of fused-ring (bicyclic) bond motifs is 1. The summed E-state index contributed by atoms with van der Waals surface area (Å²) in [6, 6.07) is 11.6. The zero-order chi connectivity index (χ0) is 23.4. The fourth-order valence-electron chi connectivity index (χ4n) is 4.87. The molecule has 0 radical (unpaired) electrons. The number of carbonyl (C=O) groups is 1. The Balaban J connectivity index is 0.00000385. The molecule has 0 aliphatic carbocycles. The number of aliphatic carboxylic acids is 1. The van der Waals surface area contributed by atoms with Gasteiger partial charge in [0.1, 0.15) is 11.3 Å². The molecule has 1 saturated heterocycles. The third-order valence-electron chi connectivity index (χ3n) is 6.80. The zero-order valence-corrected chi connectivity index (χ0v) is 21.4. The Kier molecular flexibility index (Phi) is 9.55.